The van der Waals surface area contributed by atoms with Crippen LogP contribution in [0.1, 0.15) is 144 Å². The SMILES string of the molecule is C=C(C)[C@@H]1CC[C@]2(NCCN3C4CCC3CC(C)(C)C4)CC[C@]3(C)[C@H](CC[C@@H]4[C@@]5(C)CC=C(c6ccc(OC=O)cc6)C(C)(C)[C@@H]5CC[C@]43C)[C@@H]12. The highest BCUT2D eigenvalue weighted by molar-refractivity contribution is 5.72. The third kappa shape index (κ3) is 5.36. The highest BCUT2D eigenvalue weighted by Gasteiger charge is 2.70. The van der Waals surface area contributed by atoms with E-state index in [1.165, 1.54) is 107 Å². The predicted octanol–water partition coefficient (Wildman–Crippen LogP) is 10.9. The number of carbonyl (C=O) groups is 1. The zero-order chi connectivity index (χ0) is 36.2. The average Bonchev–Trinajstić information content (AvgIpc) is 3.57. The minimum Gasteiger partial charge on any atom is -0.429 e. The van der Waals surface area contributed by atoms with Gasteiger partial charge in [-0.1, -0.05) is 78.8 Å². The van der Waals surface area contributed by atoms with E-state index in [1.807, 2.05) is 12.1 Å². The van der Waals surface area contributed by atoms with Gasteiger partial charge in [0.05, 0.1) is 0 Å². The van der Waals surface area contributed by atoms with Gasteiger partial charge in [-0.3, -0.25) is 9.69 Å². The molecule has 0 spiro atoms. The summed E-state index contributed by atoms with van der Waals surface area (Å²) in [5, 5.41) is 4.43. The van der Waals surface area contributed by atoms with Crippen molar-refractivity contribution in [2.24, 2.45) is 56.7 Å². The number of benzene rings is 1. The van der Waals surface area contributed by atoms with E-state index in [2.05, 4.69) is 90.4 Å². The summed E-state index contributed by atoms with van der Waals surface area (Å²) in [5.41, 5.74) is 6.11. The molecule has 1 N–H and O–H groups in total. The van der Waals surface area contributed by atoms with Crippen LogP contribution in [-0.2, 0) is 4.79 Å². The summed E-state index contributed by atoms with van der Waals surface area (Å²) in [6, 6.07) is 9.83. The molecule has 280 valence electrons. The van der Waals surface area contributed by atoms with Crippen molar-refractivity contribution in [3.05, 3.63) is 48.1 Å². The Balaban J connectivity index is 1.04. The van der Waals surface area contributed by atoms with Crippen molar-refractivity contribution in [1.29, 1.82) is 0 Å². The lowest BCUT2D eigenvalue weighted by Crippen LogP contribution is -2.68. The standard InChI is InChI=1S/C47H70N2O2/c1-31(2)36-18-23-47(48-26-27-49-33-12-13-34(49)29-42(3,4)28-33)25-24-45(8)38(41(36)47)16-17-40-44(7)21-19-37(32-10-14-35(15-11-32)51-30-50)43(5,6)39(44)20-22-46(40,45)9/h10-11,14-15,19,30,33-34,36,38-41,48H,1,12-13,16-18,20-29H2,2-9H3/t33?,34?,36-,38+,39-,40+,41+,44-,45+,46+,47-/m0/s1. The van der Waals surface area contributed by atoms with Crippen molar-refractivity contribution in [3.63, 3.8) is 0 Å². The maximum atomic E-state index is 10.9. The molecule has 4 heteroatoms. The van der Waals surface area contributed by atoms with Crippen LogP contribution < -0.4 is 10.1 Å². The molecule has 51 heavy (non-hydrogen) atoms. The van der Waals surface area contributed by atoms with E-state index in [0.29, 0.717) is 45.7 Å². The summed E-state index contributed by atoms with van der Waals surface area (Å²) in [4.78, 5) is 13.8. The number of rotatable bonds is 8. The predicted molar refractivity (Wildman–Crippen MR) is 210 cm³/mol. The van der Waals surface area contributed by atoms with Gasteiger partial charge in [-0.15, -0.1) is 0 Å². The monoisotopic (exact) mass is 695 g/mol. The number of allylic oxidation sites excluding steroid dienone is 3. The topological polar surface area (TPSA) is 41.6 Å². The second kappa shape index (κ2) is 12.3. The molecule has 2 saturated heterocycles. The van der Waals surface area contributed by atoms with Crippen LogP contribution in [0.25, 0.3) is 5.57 Å². The van der Waals surface area contributed by atoms with E-state index in [9.17, 15) is 4.79 Å². The Bertz CT molecular complexity index is 1540. The molecule has 5 aliphatic carbocycles. The van der Waals surface area contributed by atoms with Gasteiger partial charge < -0.3 is 10.1 Å². The van der Waals surface area contributed by atoms with Crippen molar-refractivity contribution >= 4 is 12.0 Å². The van der Waals surface area contributed by atoms with Gasteiger partial charge in [0, 0.05) is 30.7 Å². The number of hydrogen-bond acceptors (Lipinski definition) is 4. The fourth-order valence-corrected chi connectivity index (χ4v) is 15.9. The number of piperidine rings is 1. The second-order valence-corrected chi connectivity index (χ2v) is 21.2. The van der Waals surface area contributed by atoms with Gasteiger partial charge in [-0.05, 0) is 170 Å². The lowest BCUT2D eigenvalue weighted by Gasteiger charge is -2.72. The minimum atomic E-state index is 0.0881. The molecular formula is C47H70N2O2. The summed E-state index contributed by atoms with van der Waals surface area (Å²) in [5.74, 6) is 4.16. The molecule has 8 rings (SSSR count). The molecule has 2 bridgehead atoms. The molecule has 1 aromatic rings. The van der Waals surface area contributed by atoms with Crippen LogP contribution in [-0.4, -0.2) is 42.1 Å². The van der Waals surface area contributed by atoms with E-state index in [4.69, 9.17) is 4.74 Å². The summed E-state index contributed by atoms with van der Waals surface area (Å²) >= 11 is 0. The van der Waals surface area contributed by atoms with Crippen molar-refractivity contribution in [2.75, 3.05) is 13.1 Å². The average molecular weight is 695 g/mol. The Hall–Kier alpha value is -1.91. The number of nitrogens with zero attached hydrogens (tertiary/aromatic N) is 1. The van der Waals surface area contributed by atoms with Gasteiger partial charge in [0.1, 0.15) is 5.75 Å². The lowest BCUT2D eigenvalue weighted by molar-refractivity contribution is -0.219. The minimum absolute atomic E-state index is 0.0881. The van der Waals surface area contributed by atoms with Crippen molar-refractivity contribution < 1.29 is 9.53 Å². The van der Waals surface area contributed by atoms with Crippen LogP contribution >= 0.6 is 0 Å². The summed E-state index contributed by atoms with van der Waals surface area (Å²) in [6.07, 6.45) is 20.2. The zero-order valence-electron chi connectivity index (χ0n) is 33.6. The Morgan fingerprint density at radius 3 is 2.24 bits per heavy atom. The summed E-state index contributed by atoms with van der Waals surface area (Å²) in [7, 11) is 0. The number of nitrogens with one attached hydrogen (secondary N) is 1. The lowest BCUT2D eigenvalue weighted by atomic mass is 9.33. The molecule has 1 aromatic carbocycles. The van der Waals surface area contributed by atoms with Crippen LogP contribution in [0.15, 0.2) is 42.5 Å². The highest BCUT2D eigenvalue weighted by Crippen LogP contribution is 2.76. The quantitative estimate of drug-likeness (QED) is 0.217. The van der Waals surface area contributed by atoms with Crippen LogP contribution in [0.4, 0.5) is 0 Å². The van der Waals surface area contributed by atoms with Crippen LogP contribution in [0.5, 0.6) is 5.75 Å². The highest BCUT2D eigenvalue weighted by atomic mass is 16.5. The number of carbonyl (C=O) groups excluding carboxylic acids is 1. The molecule has 6 fully saturated rings. The van der Waals surface area contributed by atoms with E-state index in [-0.39, 0.29) is 11.0 Å². The molecule has 4 nitrogen and oxygen atoms in total. The largest absolute Gasteiger partial charge is 0.429 e. The van der Waals surface area contributed by atoms with Crippen molar-refractivity contribution in [1.82, 2.24) is 10.2 Å². The number of fused-ring (bicyclic) bond motifs is 9. The molecule has 2 aliphatic heterocycles. The van der Waals surface area contributed by atoms with Gasteiger partial charge >= 0.3 is 0 Å². The molecule has 2 unspecified atom stereocenters. The van der Waals surface area contributed by atoms with Gasteiger partial charge in [-0.2, -0.15) is 0 Å². The normalized spacial score (nSPS) is 45.1. The van der Waals surface area contributed by atoms with Crippen LogP contribution in [0, 0.1) is 56.7 Å². The Morgan fingerprint density at radius 2 is 1.57 bits per heavy atom. The van der Waals surface area contributed by atoms with Gasteiger partial charge in [-0.25, -0.2) is 0 Å². The smallest absolute Gasteiger partial charge is 0.298 e. The van der Waals surface area contributed by atoms with Gasteiger partial charge in [0.15, 0.2) is 0 Å². The van der Waals surface area contributed by atoms with Crippen LogP contribution in [0.3, 0.4) is 0 Å². The number of hydrogen-bond donors (Lipinski definition) is 1. The first kappa shape index (κ1) is 36.1. The van der Waals surface area contributed by atoms with Crippen molar-refractivity contribution in [2.45, 2.75) is 156 Å². The Kier molecular flexibility index (Phi) is 8.71. The molecule has 0 radical (unpaired) electrons. The first-order valence-corrected chi connectivity index (χ1v) is 21.2. The third-order valence-corrected chi connectivity index (χ3v) is 18.2. The molecule has 0 aromatic heterocycles. The van der Waals surface area contributed by atoms with E-state index in [0.717, 1.165) is 36.4 Å². The maximum absolute atomic E-state index is 10.9. The number of ether oxygens (including phenoxy) is 1. The fourth-order valence-electron chi connectivity index (χ4n) is 15.9. The van der Waals surface area contributed by atoms with E-state index in [1.54, 1.807) is 0 Å². The summed E-state index contributed by atoms with van der Waals surface area (Å²) in [6.45, 7) is 28.3. The van der Waals surface area contributed by atoms with Crippen LogP contribution in [0.2, 0.25) is 0 Å². The zero-order valence-corrected chi connectivity index (χ0v) is 33.6. The Morgan fingerprint density at radius 1 is 0.863 bits per heavy atom. The second-order valence-electron chi connectivity index (χ2n) is 21.2. The molecular weight excluding hydrogens is 625 g/mol. The molecule has 0 amide bonds. The molecule has 11 atom stereocenters. The van der Waals surface area contributed by atoms with Crippen molar-refractivity contribution in [3.8, 4) is 5.75 Å². The third-order valence-electron chi connectivity index (χ3n) is 18.2. The fraction of sp³-hybridized carbons (Fsp3) is 0.766. The maximum Gasteiger partial charge on any atom is 0.298 e. The van der Waals surface area contributed by atoms with E-state index >= 15 is 0 Å². The van der Waals surface area contributed by atoms with E-state index < -0.39 is 0 Å². The molecule has 4 saturated carbocycles. The molecule has 7 aliphatic rings. The van der Waals surface area contributed by atoms with Gasteiger partial charge in [0.25, 0.3) is 6.47 Å². The first-order valence-electron chi connectivity index (χ1n) is 21.2. The van der Waals surface area contributed by atoms with Gasteiger partial charge in [0.2, 0.25) is 0 Å². The molecule has 2 heterocycles. The Labute approximate surface area is 311 Å². The summed E-state index contributed by atoms with van der Waals surface area (Å²) < 4.78 is 5.13. The first-order chi connectivity index (χ1) is 24.1.